The molecular weight excluding hydrogens is 244 g/mol. The standard InChI is InChI=1S/C15H10O4/c16-13-10-4-2-1-3-8(10)7-9-5-6-11(15(18)19)14(17)12(9)13/h1-6,11H,7H2,(H,18,19). The fourth-order valence-corrected chi connectivity index (χ4v) is 2.53. The molecule has 3 rings (SSSR count). The molecule has 1 aromatic rings. The van der Waals surface area contributed by atoms with E-state index in [0.717, 1.165) is 5.56 Å². The second-order valence-electron chi connectivity index (χ2n) is 4.60. The van der Waals surface area contributed by atoms with Gasteiger partial charge in [-0.15, -0.1) is 0 Å². The Balaban J connectivity index is 2.11. The molecule has 0 amide bonds. The smallest absolute Gasteiger partial charge is 0.318 e. The number of hydrogen-bond donors (Lipinski definition) is 1. The predicted octanol–water partition coefficient (Wildman–Crippen LogP) is 1.56. The highest BCUT2D eigenvalue weighted by Crippen LogP contribution is 2.32. The van der Waals surface area contributed by atoms with Crippen molar-refractivity contribution in [1.82, 2.24) is 0 Å². The van der Waals surface area contributed by atoms with E-state index in [0.29, 0.717) is 17.6 Å². The molecule has 0 heterocycles. The zero-order valence-corrected chi connectivity index (χ0v) is 9.92. The highest BCUT2D eigenvalue weighted by atomic mass is 16.4. The molecule has 1 unspecified atom stereocenters. The normalized spacial score (nSPS) is 21.2. The van der Waals surface area contributed by atoms with Crippen molar-refractivity contribution in [3.8, 4) is 0 Å². The number of ketones is 2. The minimum atomic E-state index is -1.24. The van der Waals surface area contributed by atoms with Crippen LogP contribution < -0.4 is 0 Å². The van der Waals surface area contributed by atoms with Gasteiger partial charge in [-0.05, 0) is 17.6 Å². The summed E-state index contributed by atoms with van der Waals surface area (Å²) in [6.07, 6.45) is 3.43. The molecule has 0 saturated carbocycles. The Morgan fingerprint density at radius 3 is 2.68 bits per heavy atom. The van der Waals surface area contributed by atoms with Gasteiger partial charge < -0.3 is 5.11 Å². The third-order valence-corrected chi connectivity index (χ3v) is 3.48. The first kappa shape index (κ1) is 11.6. The summed E-state index contributed by atoms with van der Waals surface area (Å²) in [5, 5.41) is 8.97. The highest BCUT2D eigenvalue weighted by Gasteiger charge is 2.37. The van der Waals surface area contributed by atoms with Gasteiger partial charge in [0.15, 0.2) is 11.6 Å². The van der Waals surface area contributed by atoms with Crippen molar-refractivity contribution in [3.63, 3.8) is 0 Å². The van der Waals surface area contributed by atoms with Gasteiger partial charge in [0.1, 0.15) is 5.92 Å². The number of allylic oxidation sites excluding steroid dienone is 3. The molecule has 2 aliphatic rings. The Morgan fingerprint density at radius 2 is 1.95 bits per heavy atom. The topological polar surface area (TPSA) is 71.4 Å². The van der Waals surface area contributed by atoms with Crippen LogP contribution in [0.5, 0.6) is 0 Å². The molecule has 0 bridgehead atoms. The average Bonchev–Trinajstić information content (AvgIpc) is 2.38. The van der Waals surface area contributed by atoms with Crippen molar-refractivity contribution >= 4 is 17.5 Å². The molecule has 0 aromatic heterocycles. The van der Waals surface area contributed by atoms with Gasteiger partial charge >= 0.3 is 5.97 Å². The lowest BCUT2D eigenvalue weighted by Crippen LogP contribution is -2.32. The van der Waals surface area contributed by atoms with Crippen LogP contribution in [0.1, 0.15) is 15.9 Å². The summed E-state index contributed by atoms with van der Waals surface area (Å²) in [6, 6.07) is 7.09. The summed E-state index contributed by atoms with van der Waals surface area (Å²) in [7, 11) is 0. The van der Waals surface area contributed by atoms with E-state index in [1.54, 1.807) is 18.2 Å². The Hall–Kier alpha value is -2.49. The number of rotatable bonds is 1. The number of carboxylic acid groups (broad SMARTS) is 1. The maximum Gasteiger partial charge on any atom is 0.318 e. The Morgan fingerprint density at radius 1 is 1.21 bits per heavy atom. The van der Waals surface area contributed by atoms with E-state index in [4.69, 9.17) is 5.11 Å². The molecule has 0 fully saturated rings. The third-order valence-electron chi connectivity index (χ3n) is 3.48. The quantitative estimate of drug-likeness (QED) is 0.610. The van der Waals surface area contributed by atoms with E-state index >= 15 is 0 Å². The molecule has 4 heteroatoms. The van der Waals surface area contributed by atoms with Crippen molar-refractivity contribution in [2.45, 2.75) is 6.42 Å². The number of hydrogen-bond acceptors (Lipinski definition) is 3. The maximum atomic E-state index is 12.3. The lowest BCUT2D eigenvalue weighted by Gasteiger charge is -2.23. The van der Waals surface area contributed by atoms with Crippen LogP contribution in [0.2, 0.25) is 0 Å². The SMILES string of the molecule is O=C1C2=C(C=CC(C(=O)O)C2=O)Cc2ccccc21. The van der Waals surface area contributed by atoms with Crippen molar-refractivity contribution in [1.29, 1.82) is 0 Å². The number of carboxylic acids is 1. The summed E-state index contributed by atoms with van der Waals surface area (Å²) >= 11 is 0. The summed E-state index contributed by atoms with van der Waals surface area (Å²) in [4.78, 5) is 35.4. The molecule has 1 aromatic carbocycles. The van der Waals surface area contributed by atoms with E-state index in [1.807, 2.05) is 12.1 Å². The third kappa shape index (κ3) is 1.64. The number of Topliss-reactive ketones (excluding diaryl/α,β-unsaturated/α-hetero) is 2. The minimum absolute atomic E-state index is 0.0357. The zero-order chi connectivity index (χ0) is 13.6. The summed E-state index contributed by atoms with van der Waals surface area (Å²) in [5.41, 5.74) is 2.02. The fourth-order valence-electron chi connectivity index (χ4n) is 2.53. The number of aliphatic carboxylic acids is 1. The number of carbonyl (C=O) groups is 3. The van der Waals surface area contributed by atoms with Gasteiger partial charge in [0.25, 0.3) is 0 Å². The van der Waals surface area contributed by atoms with E-state index < -0.39 is 17.7 Å². The molecule has 0 saturated heterocycles. The first-order valence-electron chi connectivity index (χ1n) is 5.90. The number of carbonyl (C=O) groups excluding carboxylic acids is 2. The van der Waals surface area contributed by atoms with Crippen molar-refractivity contribution in [3.05, 3.63) is 58.7 Å². The first-order chi connectivity index (χ1) is 9.09. The highest BCUT2D eigenvalue weighted by molar-refractivity contribution is 6.32. The van der Waals surface area contributed by atoms with E-state index in [-0.39, 0.29) is 11.4 Å². The molecular formula is C15H10O4. The van der Waals surface area contributed by atoms with Crippen LogP contribution in [0.15, 0.2) is 47.6 Å². The monoisotopic (exact) mass is 254 g/mol. The van der Waals surface area contributed by atoms with Crippen molar-refractivity contribution in [2.75, 3.05) is 0 Å². The molecule has 0 spiro atoms. The zero-order valence-electron chi connectivity index (χ0n) is 9.92. The largest absolute Gasteiger partial charge is 0.480 e. The van der Waals surface area contributed by atoms with E-state index in [9.17, 15) is 14.4 Å². The van der Waals surface area contributed by atoms with Crippen LogP contribution in [0.25, 0.3) is 0 Å². The van der Waals surface area contributed by atoms with Crippen LogP contribution in [-0.4, -0.2) is 22.6 Å². The van der Waals surface area contributed by atoms with Crippen LogP contribution in [0.4, 0.5) is 0 Å². The van der Waals surface area contributed by atoms with Gasteiger partial charge in [-0.25, -0.2) is 0 Å². The molecule has 0 radical (unpaired) electrons. The van der Waals surface area contributed by atoms with Crippen LogP contribution >= 0.6 is 0 Å². The Bertz CT molecular complexity index is 679. The fraction of sp³-hybridized carbons (Fsp3) is 0.133. The van der Waals surface area contributed by atoms with Gasteiger partial charge in [-0.1, -0.05) is 36.4 Å². The van der Waals surface area contributed by atoms with Gasteiger partial charge in [-0.2, -0.15) is 0 Å². The minimum Gasteiger partial charge on any atom is -0.480 e. The van der Waals surface area contributed by atoms with Gasteiger partial charge in [-0.3, -0.25) is 14.4 Å². The maximum absolute atomic E-state index is 12.3. The second kappa shape index (κ2) is 4.02. The van der Waals surface area contributed by atoms with Crippen LogP contribution in [0.3, 0.4) is 0 Å². The van der Waals surface area contributed by atoms with Gasteiger partial charge in [0.05, 0.1) is 5.57 Å². The molecule has 94 valence electrons. The molecule has 0 aliphatic heterocycles. The molecule has 4 nitrogen and oxygen atoms in total. The summed E-state index contributed by atoms with van der Waals surface area (Å²) in [5.74, 6) is -3.44. The molecule has 2 aliphatic carbocycles. The van der Waals surface area contributed by atoms with Gasteiger partial charge in [0, 0.05) is 5.56 Å². The van der Waals surface area contributed by atoms with E-state index in [1.165, 1.54) is 6.08 Å². The number of benzene rings is 1. The second-order valence-corrected chi connectivity index (χ2v) is 4.60. The predicted molar refractivity (Wildman–Crippen MR) is 66.8 cm³/mol. The Kier molecular flexibility index (Phi) is 2.45. The van der Waals surface area contributed by atoms with Gasteiger partial charge in [0.2, 0.25) is 0 Å². The van der Waals surface area contributed by atoms with Crippen LogP contribution in [0, 0.1) is 5.92 Å². The summed E-state index contributed by atoms with van der Waals surface area (Å²) < 4.78 is 0. The molecule has 1 N–H and O–H groups in total. The first-order valence-corrected chi connectivity index (χ1v) is 5.90. The lowest BCUT2D eigenvalue weighted by atomic mass is 9.77. The van der Waals surface area contributed by atoms with Crippen molar-refractivity contribution < 1.29 is 19.5 Å². The van der Waals surface area contributed by atoms with Crippen LogP contribution in [-0.2, 0) is 16.0 Å². The Labute approximate surface area is 109 Å². The summed E-state index contributed by atoms with van der Waals surface area (Å²) in [6.45, 7) is 0. The van der Waals surface area contributed by atoms with Crippen molar-refractivity contribution in [2.24, 2.45) is 5.92 Å². The lowest BCUT2D eigenvalue weighted by molar-refractivity contribution is -0.143. The average molecular weight is 254 g/mol. The van der Waals surface area contributed by atoms with E-state index in [2.05, 4.69) is 0 Å². The molecule has 19 heavy (non-hydrogen) atoms. The molecule has 1 atom stereocenters. The number of fused-ring (bicyclic) bond motifs is 1.